The van der Waals surface area contributed by atoms with Crippen molar-refractivity contribution in [3.05, 3.63) is 40.9 Å². The molecule has 2 fully saturated rings. The second-order valence-electron chi connectivity index (χ2n) is 6.52. The maximum absolute atomic E-state index is 12.5. The van der Waals surface area contributed by atoms with Crippen LogP contribution in [0.15, 0.2) is 35.5 Å². The number of esters is 1. The molecule has 4 atom stereocenters. The van der Waals surface area contributed by atoms with E-state index in [-0.39, 0.29) is 46.3 Å². The molecule has 0 N–H and O–H groups in total. The van der Waals surface area contributed by atoms with Crippen molar-refractivity contribution < 1.29 is 19.1 Å². The molecule has 128 valence electrons. The number of hydrogen-bond donors (Lipinski definition) is 0. The highest BCUT2D eigenvalue weighted by Crippen LogP contribution is 2.52. The number of allylic oxidation sites excluding steroid dienone is 2. The lowest BCUT2D eigenvalue weighted by molar-refractivity contribution is -0.140. The van der Waals surface area contributed by atoms with Gasteiger partial charge in [-0.3, -0.25) is 14.4 Å². The lowest BCUT2D eigenvalue weighted by atomic mass is 9.85. The molecular formula is C18H15ClN2O4. The summed E-state index contributed by atoms with van der Waals surface area (Å²) in [5.41, 5.74) is 0.597. The van der Waals surface area contributed by atoms with Crippen LogP contribution >= 0.6 is 11.6 Å². The van der Waals surface area contributed by atoms with Crippen LogP contribution in [0, 0.1) is 23.7 Å². The Morgan fingerprint density at radius 1 is 1.24 bits per heavy atom. The molecular weight excluding hydrogens is 344 g/mol. The number of halogens is 1. The number of rotatable bonds is 3. The molecule has 1 heterocycles. The van der Waals surface area contributed by atoms with Gasteiger partial charge in [0.15, 0.2) is 0 Å². The standard InChI is InChI=1S/C18H15ClN2O4/c1-9(22)25-14-5-2-10(6-13(14)19)8-20-21-17(23)15-11-3-4-12(7-11)16(15)18(21)24/h2-6,8,11-12,15-16H,7H2,1H3. The van der Waals surface area contributed by atoms with Crippen molar-refractivity contribution in [1.29, 1.82) is 0 Å². The minimum atomic E-state index is -0.466. The number of imide groups is 1. The van der Waals surface area contributed by atoms with E-state index in [4.69, 9.17) is 16.3 Å². The van der Waals surface area contributed by atoms with Crippen molar-refractivity contribution in [1.82, 2.24) is 5.01 Å². The average molecular weight is 359 g/mol. The highest BCUT2D eigenvalue weighted by Gasteiger charge is 2.59. The Balaban J connectivity index is 1.53. The second kappa shape index (κ2) is 5.81. The minimum Gasteiger partial charge on any atom is -0.425 e. The van der Waals surface area contributed by atoms with Gasteiger partial charge in [0, 0.05) is 6.92 Å². The largest absolute Gasteiger partial charge is 0.425 e. The van der Waals surface area contributed by atoms with E-state index in [0.29, 0.717) is 5.56 Å². The summed E-state index contributed by atoms with van der Waals surface area (Å²) in [5, 5.41) is 5.31. The number of hydrogen-bond acceptors (Lipinski definition) is 5. The summed E-state index contributed by atoms with van der Waals surface area (Å²) >= 11 is 6.06. The summed E-state index contributed by atoms with van der Waals surface area (Å²) < 4.78 is 4.95. The molecule has 2 bridgehead atoms. The Morgan fingerprint density at radius 2 is 1.88 bits per heavy atom. The van der Waals surface area contributed by atoms with Crippen LogP contribution in [0.4, 0.5) is 0 Å². The van der Waals surface area contributed by atoms with Gasteiger partial charge in [0.2, 0.25) is 0 Å². The number of hydrazone groups is 1. The van der Waals surface area contributed by atoms with Gasteiger partial charge in [0.1, 0.15) is 5.75 Å². The van der Waals surface area contributed by atoms with Crippen molar-refractivity contribution in [2.24, 2.45) is 28.8 Å². The summed E-state index contributed by atoms with van der Waals surface area (Å²) in [6, 6.07) is 4.74. The molecule has 4 unspecified atom stereocenters. The Labute approximate surface area is 149 Å². The second-order valence-corrected chi connectivity index (χ2v) is 6.92. The van der Waals surface area contributed by atoms with Crippen molar-refractivity contribution in [3.63, 3.8) is 0 Å². The molecule has 25 heavy (non-hydrogen) atoms. The average Bonchev–Trinajstić information content (AvgIpc) is 3.23. The third-order valence-electron chi connectivity index (χ3n) is 4.98. The van der Waals surface area contributed by atoms with E-state index < -0.39 is 5.97 Å². The van der Waals surface area contributed by atoms with Gasteiger partial charge in [0.05, 0.1) is 23.1 Å². The van der Waals surface area contributed by atoms with Gasteiger partial charge in [-0.1, -0.05) is 23.8 Å². The van der Waals surface area contributed by atoms with Gasteiger partial charge in [-0.15, -0.1) is 0 Å². The van der Waals surface area contributed by atoms with E-state index in [9.17, 15) is 14.4 Å². The Hall–Kier alpha value is -2.47. The minimum absolute atomic E-state index is 0.157. The first-order valence-corrected chi connectivity index (χ1v) is 8.41. The zero-order valence-electron chi connectivity index (χ0n) is 13.4. The van der Waals surface area contributed by atoms with Gasteiger partial charge in [-0.05, 0) is 42.0 Å². The SMILES string of the molecule is CC(=O)Oc1ccc(C=NN2C(=O)C3C4C=CC(C4)C3C2=O)cc1Cl. The van der Waals surface area contributed by atoms with Crippen LogP contribution in [0.3, 0.4) is 0 Å². The maximum Gasteiger partial charge on any atom is 0.308 e. The van der Waals surface area contributed by atoms with Gasteiger partial charge >= 0.3 is 5.97 Å². The lowest BCUT2D eigenvalue weighted by Crippen LogP contribution is -2.28. The zero-order chi connectivity index (χ0) is 17.7. The first-order valence-electron chi connectivity index (χ1n) is 8.04. The van der Waals surface area contributed by atoms with Crippen molar-refractivity contribution >= 4 is 35.6 Å². The molecule has 0 radical (unpaired) electrons. The van der Waals surface area contributed by atoms with Crippen molar-refractivity contribution in [2.45, 2.75) is 13.3 Å². The van der Waals surface area contributed by atoms with E-state index in [1.165, 1.54) is 19.2 Å². The predicted octanol–water partition coefficient (Wildman–Crippen LogP) is 2.41. The third-order valence-corrected chi connectivity index (χ3v) is 5.27. The summed E-state index contributed by atoms with van der Waals surface area (Å²) in [5.74, 6) is -0.906. The van der Waals surface area contributed by atoms with E-state index in [0.717, 1.165) is 11.4 Å². The fraction of sp³-hybridized carbons (Fsp3) is 0.333. The fourth-order valence-corrected chi connectivity index (χ4v) is 4.19. The van der Waals surface area contributed by atoms with Gasteiger partial charge < -0.3 is 4.74 Å². The molecule has 1 aromatic carbocycles. The van der Waals surface area contributed by atoms with E-state index >= 15 is 0 Å². The number of carbonyl (C=O) groups is 3. The normalized spacial score (nSPS) is 29.8. The molecule has 1 aliphatic heterocycles. The number of nitrogens with zero attached hydrogens (tertiary/aromatic N) is 2. The van der Waals surface area contributed by atoms with Gasteiger partial charge in [-0.2, -0.15) is 10.1 Å². The Morgan fingerprint density at radius 3 is 2.44 bits per heavy atom. The van der Waals surface area contributed by atoms with Crippen LogP contribution in [0.25, 0.3) is 0 Å². The Kier molecular flexibility index (Phi) is 3.72. The summed E-state index contributed by atoms with van der Waals surface area (Å²) in [6.07, 6.45) is 6.38. The quantitative estimate of drug-likeness (QED) is 0.273. The van der Waals surface area contributed by atoms with Crippen LogP contribution in [0.1, 0.15) is 18.9 Å². The van der Waals surface area contributed by atoms with E-state index in [1.807, 2.05) is 12.2 Å². The molecule has 0 aromatic heterocycles. The van der Waals surface area contributed by atoms with Crippen LogP contribution < -0.4 is 4.74 Å². The van der Waals surface area contributed by atoms with Crippen LogP contribution in [0.5, 0.6) is 5.75 Å². The number of amides is 2. The first kappa shape index (κ1) is 16.0. The van der Waals surface area contributed by atoms with E-state index in [1.54, 1.807) is 12.1 Å². The van der Waals surface area contributed by atoms with Crippen molar-refractivity contribution in [3.8, 4) is 5.75 Å². The van der Waals surface area contributed by atoms with Gasteiger partial charge in [0.25, 0.3) is 11.8 Å². The number of ether oxygens (including phenoxy) is 1. The molecule has 7 heteroatoms. The molecule has 1 aromatic rings. The highest BCUT2D eigenvalue weighted by molar-refractivity contribution is 6.32. The number of benzene rings is 1. The molecule has 1 saturated heterocycles. The first-order chi connectivity index (χ1) is 12.0. The molecule has 2 aliphatic carbocycles. The lowest BCUT2D eigenvalue weighted by Gasteiger charge is -2.13. The van der Waals surface area contributed by atoms with Crippen LogP contribution in [0.2, 0.25) is 5.02 Å². The highest BCUT2D eigenvalue weighted by atomic mass is 35.5. The smallest absolute Gasteiger partial charge is 0.308 e. The topological polar surface area (TPSA) is 76.0 Å². The monoisotopic (exact) mass is 358 g/mol. The van der Waals surface area contributed by atoms with Gasteiger partial charge in [-0.25, -0.2) is 0 Å². The molecule has 6 nitrogen and oxygen atoms in total. The number of carbonyl (C=O) groups excluding carboxylic acids is 3. The van der Waals surface area contributed by atoms with Crippen molar-refractivity contribution in [2.75, 3.05) is 0 Å². The summed E-state index contributed by atoms with van der Waals surface area (Å²) in [7, 11) is 0. The number of fused-ring (bicyclic) bond motifs is 5. The maximum atomic E-state index is 12.5. The Bertz CT molecular complexity index is 817. The summed E-state index contributed by atoms with van der Waals surface area (Å²) in [6.45, 7) is 1.29. The summed E-state index contributed by atoms with van der Waals surface area (Å²) in [4.78, 5) is 36.0. The molecule has 2 amide bonds. The fourth-order valence-electron chi connectivity index (χ4n) is 3.96. The molecule has 3 aliphatic rings. The van der Waals surface area contributed by atoms with E-state index in [2.05, 4.69) is 5.10 Å². The predicted molar refractivity (Wildman–Crippen MR) is 89.9 cm³/mol. The van der Waals surface area contributed by atoms with Crippen LogP contribution in [-0.4, -0.2) is 29.0 Å². The third kappa shape index (κ3) is 2.57. The molecule has 0 spiro atoms. The molecule has 4 rings (SSSR count). The molecule has 1 saturated carbocycles. The zero-order valence-corrected chi connectivity index (χ0v) is 14.1. The van der Waals surface area contributed by atoms with Crippen LogP contribution in [-0.2, 0) is 14.4 Å².